The average molecular weight is 253 g/mol. The number of fused-ring (bicyclic) bond motifs is 5. The van der Waals surface area contributed by atoms with Crippen LogP contribution in [-0.4, -0.2) is 4.98 Å². The molecule has 19 heavy (non-hydrogen) atoms. The van der Waals surface area contributed by atoms with Gasteiger partial charge in [0.1, 0.15) is 0 Å². The van der Waals surface area contributed by atoms with Crippen LogP contribution in [0.15, 0.2) is 29.1 Å². The molecule has 0 bridgehead atoms. The molecular formula is C17H19NO. The van der Waals surface area contributed by atoms with Crippen LogP contribution in [0.25, 0.3) is 10.9 Å². The van der Waals surface area contributed by atoms with Crippen LogP contribution in [0.4, 0.5) is 0 Å². The van der Waals surface area contributed by atoms with Crippen molar-refractivity contribution in [3.05, 3.63) is 45.7 Å². The maximum absolute atomic E-state index is 12.3. The van der Waals surface area contributed by atoms with Crippen LogP contribution in [0.3, 0.4) is 0 Å². The van der Waals surface area contributed by atoms with Crippen molar-refractivity contribution >= 4 is 10.9 Å². The van der Waals surface area contributed by atoms with Crippen molar-refractivity contribution in [3.8, 4) is 0 Å². The second-order valence-corrected chi connectivity index (χ2v) is 6.08. The van der Waals surface area contributed by atoms with Gasteiger partial charge in [0.15, 0.2) is 0 Å². The number of hydrogen-bond donors (Lipinski definition) is 1. The summed E-state index contributed by atoms with van der Waals surface area (Å²) in [5, 5.41) is 1.29. The van der Waals surface area contributed by atoms with Crippen molar-refractivity contribution in [1.29, 1.82) is 0 Å². The Morgan fingerprint density at radius 3 is 2.84 bits per heavy atom. The molecule has 2 aromatic rings. The van der Waals surface area contributed by atoms with E-state index >= 15 is 0 Å². The van der Waals surface area contributed by atoms with Crippen molar-refractivity contribution in [2.45, 2.75) is 44.4 Å². The Hall–Kier alpha value is -1.57. The minimum atomic E-state index is 0.151. The fourth-order valence-corrected chi connectivity index (χ4v) is 4.24. The van der Waals surface area contributed by atoms with E-state index in [0.717, 1.165) is 23.4 Å². The van der Waals surface area contributed by atoms with Gasteiger partial charge in [-0.25, -0.2) is 0 Å². The fraction of sp³-hybridized carbons (Fsp3) is 0.471. The van der Waals surface area contributed by atoms with Crippen molar-refractivity contribution in [1.82, 2.24) is 4.98 Å². The lowest BCUT2D eigenvalue weighted by Gasteiger charge is -2.37. The zero-order valence-corrected chi connectivity index (χ0v) is 11.1. The van der Waals surface area contributed by atoms with Crippen LogP contribution in [0.1, 0.15) is 49.1 Å². The molecule has 2 nitrogen and oxygen atoms in total. The summed E-state index contributed by atoms with van der Waals surface area (Å²) < 4.78 is 0. The van der Waals surface area contributed by atoms with Crippen LogP contribution in [-0.2, 0) is 6.42 Å². The van der Waals surface area contributed by atoms with Gasteiger partial charge in [-0.15, -0.1) is 0 Å². The summed E-state index contributed by atoms with van der Waals surface area (Å²) in [4.78, 5) is 15.4. The molecule has 0 saturated heterocycles. The smallest absolute Gasteiger partial charge is 0.251 e. The van der Waals surface area contributed by atoms with E-state index < -0.39 is 0 Å². The first-order chi connectivity index (χ1) is 9.34. The number of benzene rings is 1. The Labute approximate surface area is 112 Å². The van der Waals surface area contributed by atoms with E-state index in [4.69, 9.17) is 0 Å². The van der Waals surface area contributed by atoms with Gasteiger partial charge in [-0.05, 0) is 49.1 Å². The molecule has 1 saturated carbocycles. The molecule has 4 rings (SSSR count). The largest absolute Gasteiger partial charge is 0.322 e. The van der Waals surface area contributed by atoms with Gasteiger partial charge < -0.3 is 4.98 Å². The van der Waals surface area contributed by atoms with Crippen molar-refractivity contribution in [3.63, 3.8) is 0 Å². The van der Waals surface area contributed by atoms with E-state index in [1.807, 2.05) is 12.1 Å². The van der Waals surface area contributed by atoms with E-state index in [1.165, 1.54) is 43.1 Å². The van der Waals surface area contributed by atoms with E-state index in [0.29, 0.717) is 5.92 Å². The standard InChI is InChI=1S/C17H19NO/c19-17-14-10-9-11-5-1-2-6-12(11)16(14)13-7-3-4-8-15(13)18-17/h3-4,7-8,11-12H,1-2,5-6,9-10H2,(H,18,19)/t11-,12+/m0/s1. The highest BCUT2D eigenvalue weighted by atomic mass is 16.1. The normalized spacial score (nSPS) is 25.9. The molecule has 1 heterocycles. The quantitative estimate of drug-likeness (QED) is 0.762. The summed E-state index contributed by atoms with van der Waals surface area (Å²) in [6, 6.07) is 8.31. The maximum atomic E-state index is 12.3. The Kier molecular flexibility index (Phi) is 2.51. The number of aromatic nitrogens is 1. The number of aromatic amines is 1. The van der Waals surface area contributed by atoms with Crippen LogP contribution in [0, 0.1) is 5.92 Å². The van der Waals surface area contributed by atoms with Crippen LogP contribution >= 0.6 is 0 Å². The predicted molar refractivity (Wildman–Crippen MR) is 77.6 cm³/mol. The highest BCUT2D eigenvalue weighted by Crippen LogP contribution is 2.46. The minimum Gasteiger partial charge on any atom is -0.322 e. The SMILES string of the molecule is O=c1[nH]c2ccccc2c2c1CC[C@@H]1CCCC[C@@H]21. The third-order valence-corrected chi connectivity index (χ3v) is 5.11. The Bertz CT molecular complexity index is 685. The molecule has 0 unspecified atom stereocenters. The lowest BCUT2D eigenvalue weighted by molar-refractivity contribution is 0.276. The number of nitrogens with one attached hydrogen (secondary N) is 1. The molecule has 2 atom stereocenters. The van der Waals surface area contributed by atoms with Crippen molar-refractivity contribution in [2.75, 3.05) is 0 Å². The molecular weight excluding hydrogens is 234 g/mol. The Morgan fingerprint density at radius 2 is 1.89 bits per heavy atom. The second-order valence-electron chi connectivity index (χ2n) is 6.08. The molecule has 2 aliphatic rings. The van der Waals surface area contributed by atoms with Gasteiger partial charge in [-0.1, -0.05) is 31.0 Å². The van der Waals surface area contributed by atoms with Crippen LogP contribution in [0.5, 0.6) is 0 Å². The van der Waals surface area contributed by atoms with Crippen LogP contribution in [0.2, 0.25) is 0 Å². The lowest BCUT2D eigenvalue weighted by Crippen LogP contribution is -2.29. The Balaban J connectivity index is 2.02. The summed E-state index contributed by atoms with van der Waals surface area (Å²) in [6.07, 6.45) is 7.49. The Morgan fingerprint density at radius 1 is 1.05 bits per heavy atom. The molecule has 1 fully saturated rings. The molecule has 1 aromatic heterocycles. The highest BCUT2D eigenvalue weighted by molar-refractivity contribution is 5.83. The average Bonchev–Trinajstić information content (AvgIpc) is 2.47. The summed E-state index contributed by atoms with van der Waals surface area (Å²) in [5.41, 5.74) is 3.62. The van der Waals surface area contributed by atoms with Crippen molar-refractivity contribution in [2.24, 2.45) is 5.92 Å². The molecule has 2 aliphatic carbocycles. The van der Waals surface area contributed by atoms with E-state index in [1.54, 1.807) is 0 Å². The summed E-state index contributed by atoms with van der Waals surface area (Å²) in [7, 11) is 0. The number of H-pyrrole nitrogens is 1. The summed E-state index contributed by atoms with van der Waals surface area (Å²) in [5.74, 6) is 1.44. The third kappa shape index (κ3) is 1.66. The van der Waals surface area contributed by atoms with Crippen molar-refractivity contribution < 1.29 is 0 Å². The first-order valence-corrected chi connectivity index (χ1v) is 7.48. The molecule has 0 radical (unpaired) electrons. The monoisotopic (exact) mass is 253 g/mol. The molecule has 0 amide bonds. The molecule has 1 N–H and O–H groups in total. The fourth-order valence-electron chi connectivity index (χ4n) is 4.24. The molecule has 0 spiro atoms. The third-order valence-electron chi connectivity index (χ3n) is 5.11. The first-order valence-electron chi connectivity index (χ1n) is 7.48. The van der Waals surface area contributed by atoms with Gasteiger partial charge in [0.2, 0.25) is 0 Å². The minimum absolute atomic E-state index is 0.151. The van der Waals surface area contributed by atoms with Gasteiger partial charge in [-0.3, -0.25) is 4.79 Å². The molecule has 98 valence electrons. The summed E-state index contributed by atoms with van der Waals surface area (Å²) in [6.45, 7) is 0. The summed E-state index contributed by atoms with van der Waals surface area (Å²) >= 11 is 0. The van der Waals surface area contributed by atoms with Gasteiger partial charge in [0.05, 0.1) is 0 Å². The second kappa shape index (κ2) is 4.22. The van der Waals surface area contributed by atoms with Gasteiger partial charge in [-0.2, -0.15) is 0 Å². The van der Waals surface area contributed by atoms with E-state index in [2.05, 4.69) is 17.1 Å². The first kappa shape index (κ1) is 11.3. The molecule has 1 aromatic carbocycles. The number of pyridine rings is 1. The number of rotatable bonds is 0. The zero-order valence-electron chi connectivity index (χ0n) is 11.1. The van der Waals surface area contributed by atoms with Crippen LogP contribution < -0.4 is 5.56 Å². The van der Waals surface area contributed by atoms with E-state index in [9.17, 15) is 4.79 Å². The molecule has 2 heteroatoms. The predicted octanol–water partition coefficient (Wildman–Crippen LogP) is 3.75. The lowest BCUT2D eigenvalue weighted by atomic mass is 9.67. The van der Waals surface area contributed by atoms with Gasteiger partial charge in [0, 0.05) is 16.5 Å². The highest BCUT2D eigenvalue weighted by Gasteiger charge is 2.33. The van der Waals surface area contributed by atoms with Gasteiger partial charge >= 0.3 is 0 Å². The van der Waals surface area contributed by atoms with E-state index in [-0.39, 0.29) is 5.56 Å². The topological polar surface area (TPSA) is 32.9 Å². The maximum Gasteiger partial charge on any atom is 0.251 e. The van der Waals surface area contributed by atoms with Gasteiger partial charge in [0.25, 0.3) is 5.56 Å². The molecule has 0 aliphatic heterocycles. The number of hydrogen-bond acceptors (Lipinski definition) is 1. The zero-order chi connectivity index (χ0) is 12.8. The number of para-hydroxylation sites is 1.